The van der Waals surface area contributed by atoms with Crippen LogP contribution < -0.4 is 11.5 Å². The maximum absolute atomic E-state index is 12.9. The molecule has 0 spiro atoms. The van der Waals surface area contributed by atoms with Crippen LogP contribution in [0.4, 0.5) is 0 Å². The molecule has 26 heavy (non-hydrogen) atoms. The Morgan fingerprint density at radius 3 is 1.85 bits per heavy atom. The number of nitrogens with two attached hydrogens (primary N) is 2. The summed E-state index contributed by atoms with van der Waals surface area (Å²) < 4.78 is 0. The lowest BCUT2D eigenvalue weighted by molar-refractivity contribution is -0.132. The molecule has 2 atom stereocenters. The molecule has 2 heterocycles. The number of aromatic amines is 2. The molecule has 8 nitrogen and oxygen atoms in total. The largest absolute Gasteiger partial charge is 0.370 e. The van der Waals surface area contributed by atoms with Crippen LogP contribution in [0.15, 0.2) is 24.8 Å². The normalized spacial score (nSPS) is 15.9. The summed E-state index contributed by atoms with van der Waals surface area (Å²) in [6, 6.07) is 0. The zero-order valence-corrected chi connectivity index (χ0v) is 15.4. The van der Waals surface area contributed by atoms with E-state index in [1.165, 1.54) is 0 Å². The molecule has 6 N–H and O–H groups in total. The molecule has 2 aromatic rings. The quantitative estimate of drug-likeness (QED) is 0.485. The lowest BCUT2D eigenvalue weighted by atomic mass is 9.60. The number of rotatable bonds is 11. The van der Waals surface area contributed by atoms with Gasteiger partial charge in [-0.2, -0.15) is 0 Å². The van der Waals surface area contributed by atoms with E-state index in [2.05, 4.69) is 19.9 Å². The lowest BCUT2D eigenvalue weighted by Crippen LogP contribution is -2.47. The topological polar surface area (TPSA) is 144 Å². The number of hydrogen-bond donors (Lipinski definition) is 4. The molecular formula is C18H28N6O2. The first kappa shape index (κ1) is 19.7. The fourth-order valence-electron chi connectivity index (χ4n) is 4.15. The highest BCUT2D eigenvalue weighted by molar-refractivity contribution is 5.83. The zero-order chi connectivity index (χ0) is 19.2. The second-order valence-corrected chi connectivity index (χ2v) is 6.59. The van der Waals surface area contributed by atoms with E-state index in [-0.39, 0.29) is 24.2 Å². The summed E-state index contributed by atoms with van der Waals surface area (Å²) in [6.07, 6.45) is 9.27. The van der Waals surface area contributed by atoms with Crippen LogP contribution in [-0.4, -0.2) is 31.8 Å². The number of nitrogens with zero attached hydrogens (tertiary/aromatic N) is 2. The van der Waals surface area contributed by atoms with Gasteiger partial charge in [0.1, 0.15) is 11.6 Å². The highest BCUT2D eigenvalue weighted by Gasteiger charge is 2.51. The fraction of sp³-hybridized carbons (Fsp3) is 0.556. The first-order chi connectivity index (χ1) is 12.5. The monoisotopic (exact) mass is 360 g/mol. The third-order valence-corrected chi connectivity index (χ3v) is 5.23. The zero-order valence-electron chi connectivity index (χ0n) is 15.4. The van der Waals surface area contributed by atoms with Crippen molar-refractivity contribution in [2.24, 2.45) is 16.9 Å². The van der Waals surface area contributed by atoms with Crippen LogP contribution in [0.2, 0.25) is 0 Å². The number of nitrogens with one attached hydrogen (secondary N) is 2. The number of hydrogen-bond acceptors (Lipinski definition) is 4. The fourth-order valence-corrected chi connectivity index (χ4v) is 4.15. The number of H-pyrrole nitrogens is 2. The van der Waals surface area contributed by atoms with E-state index in [4.69, 9.17) is 11.5 Å². The highest BCUT2D eigenvalue weighted by Crippen LogP contribution is 2.51. The average Bonchev–Trinajstić information content (AvgIpc) is 3.29. The number of carbonyl (C=O) groups excluding carboxylic acids is 2. The SMILES string of the molecule is CCC(c1ncc[nH]1)C(CCCC(N)=O)(C(N)=O)C(CC)c1ncc[nH]1. The predicted molar refractivity (Wildman–Crippen MR) is 97.9 cm³/mol. The number of carbonyl (C=O) groups is 2. The van der Waals surface area contributed by atoms with Crippen LogP contribution in [0.5, 0.6) is 0 Å². The van der Waals surface area contributed by atoms with Crippen LogP contribution >= 0.6 is 0 Å². The maximum Gasteiger partial charge on any atom is 0.225 e. The van der Waals surface area contributed by atoms with Crippen LogP contribution in [0.25, 0.3) is 0 Å². The van der Waals surface area contributed by atoms with Crippen molar-refractivity contribution in [1.82, 2.24) is 19.9 Å². The van der Waals surface area contributed by atoms with Gasteiger partial charge in [-0.25, -0.2) is 9.97 Å². The minimum atomic E-state index is -0.936. The molecule has 0 aliphatic carbocycles. The lowest BCUT2D eigenvalue weighted by Gasteiger charge is -2.42. The Morgan fingerprint density at radius 1 is 1.04 bits per heavy atom. The van der Waals surface area contributed by atoms with E-state index in [1.54, 1.807) is 24.8 Å². The van der Waals surface area contributed by atoms with Crippen LogP contribution in [0.1, 0.15) is 69.4 Å². The smallest absolute Gasteiger partial charge is 0.225 e. The molecule has 0 saturated carbocycles. The van der Waals surface area contributed by atoms with E-state index in [1.807, 2.05) is 13.8 Å². The molecule has 0 aliphatic heterocycles. The molecule has 0 radical (unpaired) electrons. The molecule has 2 aromatic heterocycles. The first-order valence-electron chi connectivity index (χ1n) is 9.04. The molecule has 2 unspecified atom stereocenters. The molecule has 0 saturated heterocycles. The summed E-state index contributed by atoms with van der Waals surface area (Å²) in [6.45, 7) is 4.02. The Hall–Kier alpha value is -2.64. The van der Waals surface area contributed by atoms with Gasteiger partial charge in [0.2, 0.25) is 11.8 Å². The summed E-state index contributed by atoms with van der Waals surface area (Å²) in [5, 5.41) is 0. The van der Waals surface area contributed by atoms with Crippen molar-refractivity contribution < 1.29 is 9.59 Å². The molecule has 0 bridgehead atoms. The van der Waals surface area contributed by atoms with Gasteiger partial charge < -0.3 is 21.4 Å². The Kier molecular flexibility index (Phi) is 6.54. The van der Waals surface area contributed by atoms with Crippen LogP contribution in [0, 0.1) is 5.41 Å². The third-order valence-electron chi connectivity index (χ3n) is 5.23. The van der Waals surface area contributed by atoms with Gasteiger partial charge in [-0.05, 0) is 25.7 Å². The van der Waals surface area contributed by atoms with E-state index in [9.17, 15) is 9.59 Å². The summed E-state index contributed by atoms with van der Waals surface area (Å²) in [7, 11) is 0. The Morgan fingerprint density at radius 2 is 1.54 bits per heavy atom. The van der Waals surface area contributed by atoms with Gasteiger partial charge >= 0.3 is 0 Å². The van der Waals surface area contributed by atoms with Crippen molar-refractivity contribution in [1.29, 1.82) is 0 Å². The van der Waals surface area contributed by atoms with Gasteiger partial charge in [-0.3, -0.25) is 9.59 Å². The average molecular weight is 360 g/mol. The standard InChI is InChI=1S/C18H28N6O2/c1-3-12(15-21-8-9-22-15)18(17(20)26,7-5-6-14(19)25)13(4-2)16-23-10-11-24-16/h8-13H,3-7H2,1-2H3,(H2,19,25)(H2,20,26)(H,21,22)(H,23,24). The molecule has 8 heteroatoms. The van der Waals surface area contributed by atoms with Gasteiger partial charge in [-0.1, -0.05) is 13.8 Å². The van der Waals surface area contributed by atoms with Crippen molar-refractivity contribution in [3.05, 3.63) is 36.4 Å². The number of primary amides is 2. The molecule has 142 valence electrons. The first-order valence-corrected chi connectivity index (χ1v) is 9.04. The van der Waals surface area contributed by atoms with E-state index < -0.39 is 11.3 Å². The molecule has 0 aliphatic rings. The third kappa shape index (κ3) is 3.79. The van der Waals surface area contributed by atoms with Crippen molar-refractivity contribution >= 4 is 11.8 Å². The van der Waals surface area contributed by atoms with Crippen molar-refractivity contribution in [2.45, 2.75) is 57.8 Å². The molecule has 2 rings (SSSR count). The molecule has 2 amide bonds. The Balaban J connectivity index is 2.55. The van der Waals surface area contributed by atoms with E-state index in [0.717, 1.165) is 11.6 Å². The summed E-state index contributed by atoms with van der Waals surface area (Å²) in [5.74, 6) is 0.190. The van der Waals surface area contributed by atoms with E-state index >= 15 is 0 Å². The number of aromatic nitrogens is 4. The summed E-state index contributed by atoms with van der Waals surface area (Å²) >= 11 is 0. The summed E-state index contributed by atoms with van der Waals surface area (Å²) in [5.41, 5.74) is 10.4. The minimum Gasteiger partial charge on any atom is -0.370 e. The minimum absolute atomic E-state index is 0.207. The number of amides is 2. The second-order valence-electron chi connectivity index (χ2n) is 6.59. The van der Waals surface area contributed by atoms with Gasteiger partial charge in [0.25, 0.3) is 0 Å². The van der Waals surface area contributed by atoms with Gasteiger partial charge in [0.15, 0.2) is 0 Å². The van der Waals surface area contributed by atoms with Gasteiger partial charge in [-0.15, -0.1) is 0 Å². The second kappa shape index (κ2) is 8.64. The predicted octanol–water partition coefficient (Wildman–Crippen LogP) is 1.95. The Bertz CT molecular complexity index is 653. The van der Waals surface area contributed by atoms with Gasteiger partial charge in [0.05, 0.1) is 5.41 Å². The molecule has 0 fully saturated rings. The van der Waals surface area contributed by atoms with Crippen LogP contribution in [-0.2, 0) is 9.59 Å². The van der Waals surface area contributed by atoms with Crippen molar-refractivity contribution in [3.8, 4) is 0 Å². The van der Waals surface area contributed by atoms with Crippen molar-refractivity contribution in [2.75, 3.05) is 0 Å². The maximum atomic E-state index is 12.9. The van der Waals surface area contributed by atoms with Gasteiger partial charge in [0, 0.05) is 43.0 Å². The van der Waals surface area contributed by atoms with Crippen molar-refractivity contribution in [3.63, 3.8) is 0 Å². The molecular weight excluding hydrogens is 332 g/mol. The van der Waals surface area contributed by atoms with Crippen LogP contribution in [0.3, 0.4) is 0 Å². The number of imidazole rings is 2. The Labute approximate surface area is 153 Å². The molecule has 0 aromatic carbocycles. The highest BCUT2D eigenvalue weighted by atomic mass is 16.1. The summed E-state index contributed by atoms with van der Waals surface area (Å²) in [4.78, 5) is 39.2. The van der Waals surface area contributed by atoms with E-state index in [0.29, 0.717) is 25.7 Å².